The predicted molar refractivity (Wildman–Crippen MR) is 129 cm³/mol. The van der Waals surface area contributed by atoms with Crippen molar-refractivity contribution in [2.45, 2.75) is 44.6 Å². The first-order valence-corrected chi connectivity index (χ1v) is 11.8. The largest absolute Gasteiger partial charge is 0.508 e. The second kappa shape index (κ2) is 12.6. The highest BCUT2D eigenvalue weighted by Gasteiger charge is 2.27. The number of likely N-dealkylation sites (tertiary alicyclic amines) is 1. The highest BCUT2D eigenvalue weighted by molar-refractivity contribution is 5.84. The Kier molecular flexibility index (Phi) is 9.24. The molecule has 8 heteroatoms. The number of ether oxygens (including phenoxy) is 1. The number of nitriles is 1. The Hall–Kier alpha value is -3.86. The minimum Gasteiger partial charge on any atom is -0.508 e. The molecule has 1 heterocycles. The number of nitrogens with zero attached hydrogens (tertiary/aromatic N) is 2. The minimum atomic E-state index is -0.805. The third-order valence-electron chi connectivity index (χ3n) is 6.35. The van der Waals surface area contributed by atoms with Gasteiger partial charge in [0.25, 0.3) is 0 Å². The first-order valence-electron chi connectivity index (χ1n) is 11.8. The number of aryl methyl sites for hydroxylation is 1. The molecule has 0 spiro atoms. The van der Waals surface area contributed by atoms with Crippen molar-refractivity contribution in [1.29, 1.82) is 5.26 Å². The Bertz CT molecular complexity index is 1050. The molecule has 35 heavy (non-hydrogen) atoms. The lowest BCUT2D eigenvalue weighted by Gasteiger charge is -2.32. The van der Waals surface area contributed by atoms with Crippen LogP contribution in [0.25, 0.3) is 0 Å². The summed E-state index contributed by atoms with van der Waals surface area (Å²) in [6, 6.07) is 15.0. The molecule has 1 aliphatic rings. The van der Waals surface area contributed by atoms with Crippen LogP contribution in [0.15, 0.2) is 48.5 Å². The van der Waals surface area contributed by atoms with E-state index in [1.807, 2.05) is 17.0 Å². The molecule has 1 saturated heterocycles. The summed E-state index contributed by atoms with van der Waals surface area (Å²) in [7, 11) is 1.28. The molecule has 8 nitrogen and oxygen atoms in total. The maximum atomic E-state index is 12.6. The van der Waals surface area contributed by atoms with E-state index in [0.717, 1.165) is 24.0 Å². The van der Waals surface area contributed by atoms with Crippen LogP contribution in [0.1, 0.15) is 42.4 Å². The number of aromatic hydroxyl groups is 1. The Morgan fingerprint density at radius 3 is 2.31 bits per heavy atom. The maximum Gasteiger partial charge on any atom is 0.328 e. The average molecular weight is 478 g/mol. The van der Waals surface area contributed by atoms with Gasteiger partial charge in [-0.3, -0.25) is 9.59 Å². The number of benzene rings is 2. The topological polar surface area (TPSA) is 120 Å². The summed E-state index contributed by atoms with van der Waals surface area (Å²) in [5.74, 6) is -0.369. The summed E-state index contributed by atoms with van der Waals surface area (Å²) in [6.45, 7) is 1.22. The van der Waals surface area contributed by atoms with E-state index in [9.17, 15) is 19.5 Å². The predicted octanol–water partition coefficient (Wildman–Crippen LogP) is 2.73. The first-order chi connectivity index (χ1) is 16.9. The van der Waals surface area contributed by atoms with Gasteiger partial charge in [-0.2, -0.15) is 5.26 Å². The Morgan fingerprint density at radius 2 is 1.71 bits per heavy atom. The van der Waals surface area contributed by atoms with Gasteiger partial charge < -0.3 is 20.1 Å². The van der Waals surface area contributed by atoms with Gasteiger partial charge in [0.1, 0.15) is 11.8 Å². The van der Waals surface area contributed by atoms with Crippen molar-refractivity contribution in [3.05, 3.63) is 65.2 Å². The number of esters is 1. The van der Waals surface area contributed by atoms with Crippen LogP contribution in [0.5, 0.6) is 5.75 Å². The first kappa shape index (κ1) is 25.8. The van der Waals surface area contributed by atoms with E-state index in [-0.39, 0.29) is 36.3 Å². The summed E-state index contributed by atoms with van der Waals surface area (Å²) in [6.07, 6.45) is 3.06. The number of methoxy groups -OCH3 is 1. The summed E-state index contributed by atoms with van der Waals surface area (Å²) in [5, 5.41) is 21.1. The zero-order valence-electron chi connectivity index (χ0n) is 19.9. The van der Waals surface area contributed by atoms with E-state index in [1.54, 1.807) is 24.3 Å². The van der Waals surface area contributed by atoms with Crippen LogP contribution in [0, 0.1) is 17.2 Å². The van der Waals surface area contributed by atoms with Crippen molar-refractivity contribution in [3.63, 3.8) is 0 Å². The molecule has 0 aromatic heterocycles. The van der Waals surface area contributed by atoms with E-state index in [1.165, 1.54) is 19.2 Å². The van der Waals surface area contributed by atoms with Crippen LogP contribution in [0.3, 0.4) is 0 Å². The monoisotopic (exact) mass is 477 g/mol. The average Bonchev–Trinajstić information content (AvgIpc) is 2.88. The van der Waals surface area contributed by atoms with Gasteiger partial charge in [-0.15, -0.1) is 0 Å². The number of rotatable bonds is 9. The molecule has 2 aromatic carbocycles. The minimum absolute atomic E-state index is 0.0944. The summed E-state index contributed by atoms with van der Waals surface area (Å²) in [5.41, 5.74) is 2.42. The lowest BCUT2D eigenvalue weighted by atomic mass is 9.92. The van der Waals surface area contributed by atoms with Gasteiger partial charge in [-0.25, -0.2) is 4.79 Å². The molecule has 0 bridgehead atoms. The van der Waals surface area contributed by atoms with Gasteiger partial charge in [0.15, 0.2) is 0 Å². The third kappa shape index (κ3) is 7.85. The number of phenolic OH excluding ortho intramolecular Hbond substituents is 1. The van der Waals surface area contributed by atoms with E-state index >= 15 is 0 Å². The number of nitrogens with one attached hydrogen (secondary N) is 1. The lowest BCUT2D eigenvalue weighted by Crippen LogP contribution is -2.44. The molecular formula is C27H31N3O5. The van der Waals surface area contributed by atoms with Crippen molar-refractivity contribution in [2.75, 3.05) is 20.2 Å². The number of piperidine rings is 1. The number of carbonyl (C=O) groups excluding carboxylic acids is 3. The second-order valence-corrected chi connectivity index (χ2v) is 8.85. The molecule has 1 unspecified atom stereocenters. The van der Waals surface area contributed by atoms with Crippen molar-refractivity contribution in [3.8, 4) is 11.8 Å². The van der Waals surface area contributed by atoms with Gasteiger partial charge in [0.2, 0.25) is 11.8 Å². The van der Waals surface area contributed by atoms with Gasteiger partial charge in [-0.05, 0) is 60.6 Å². The highest BCUT2D eigenvalue weighted by Crippen LogP contribution is 2.22. The van der Waals surface area contributed by atoms with E-state index in [0.29, 0.717) is 31.5 Å². The van der Waals surface area contributed by atoms with Crippen LogP contribution in [0.4, 0.5) is 0 Å². The number of phenols is 1. The van der Waals surface area contributed by atoms with Gasteiger partial charge in [-0.1, -0.05) is 24.3 Å². The van der Waals surface area contributed by atoms with E-state index in [2.05, 4.69) is 11.4 Å². The summed E-state index contributed by atoms with van der Waals surface area (Å²) < 4.78 is 4.84. The molecule has 0 radical (unpaired) electrons. The number of hydrogen-bond donors (Lipinski definition) is 2. The standard InChI is InChI=1S/C27H31N3O5/c1-35-27(34)24(16-20-6-9-23(31)10-7-20)29-25(32)17-21-12-14-30(15-13-21)26(33)11-8-19-2-4-22(18-28)5-3-19/h2-7,9-10,21,24,31H,8,11-17H2,1H3,(H,29,32). The molecule has 1 fully saturated rings. The van der Waals surface area contributed by atoms with Crippen LogP contribution >= 0.6 is 0 Å². The quantitative estimate of drug-likeness (QED) is 0.536. The zero-order valence-corrected chi connectivity index (χ0v) is 19.9. The van der Waals surface area contributed by atoms with Crippen molar-refractivity contribution >= 4 is 17.8 Å². The second-order valence-electron chi connectivity index (χ2n) is 8.85. The van der Waals surface area contributed by atoms with Gasteiger partial charge >= 0.3 is 5.97 Å². The molecule has 0 aliphatic carbocycles. The number of hydrogen-bond acceptors (Lipinski definition) is 6. The Balaban J connectivity index is 1.43. The van der Waals surface area contributed by atoms with Crippen LogP contribution < -0.4 is 5.32 Å². The van der Waals surface area contributed by atoms with Gasteiger partial charge in [0, 0.05) is 32.4 Å². The Morgan fingerprint density at radius 1 is 1.09 bits per heavy atom. The highest BCUT2D eigenvalue weighted by atomic mass is 16.5. The van der Waals surface area contributed by atoms with Crippen molar-refractivity contribution in [1.82, 2.24) is 10.2 Å². The van der Waals surface area contributed by atoms with E-state index in [4.69, 9.17) is 10.00 Å². The normalized spacial score (nSPS) is 14.6. The molecule has 0 saturated carbocycles. The van der Waals surface area contributed by atoms with Crippen LogP contribution in [0.2, 0.25) is 0 Å². The van der Waals surface area contributed by atoms with E-state index < -0.39 is 12.0 Å². The summed E-state index contributed by atoms with van der Waals surface area (Å²) >= 11 is 0. The molecule has 184 valence electrons. The molecule has 1 atom stereocenters. The summed E-state index contributed by atoms with van der Waals surface area (Å²) in [4.78, 5) is 39.3. The van der Waals surface area contributed by atoms with Crippen LogP contribution in [-0.2, 0) is 32.0 Å². The van der Waals surface area contributed by atoms with Crippen LogP contribution in [-0.4, -0.2) is 54.0 Å². The third-order valence-corrected chi connectivity index (χ3v) is 6.35. The SMILES string of the molecule is COC(=O)C(Cc1ccc(O)cc1)NC(=O)CC1CCN(C(=O)CCc2ccc(C#N)cc2)CC1. The maximum absolute atomic E-state index is 12.6. The molecule has 3 rings (SSSR count). The van der Waals surface area contributed by atoms with Gasteiger partial charge in [0.05, 0.1) is 18.7 Å². The van der Waals surface area contributed by atoms with Crippen molar-refractivity contribution < 1.29 is 24.2 Å². The number of amides is 2. The molecule has 1 aliphatic heterocycles. The number of carbonyl (C=O) groups is 3. The fourth-order valence-electron chi connectivity index (χ4n) is 4.26. The van der Waals surface area contributed by atoms with Crippen molar-refractivity contribution in [2.24, 2.45) is 5.92 Å². The molecule has 2 aromatic rings. The lowest BCUT2D eigenvalue weighted by molar-refractivity contribution is -0.145. The fourth-order valence-corrected chi connectivity index (χ4v) is 4.26. The smallest absolute Gasteiger partial charge is 0.328 e. The Labute approximate surface area is 205 Å². The zero-order chi connectivity index (χ0) is 25.2. The molecule has 2 amide bonds. The molecule has 2 N–H and O–H groups in total. The fraction of sp³-hybridized carbons (Fsp3) is 0.407. The molecular weight excluding hydrogens is 446 g/mol.